The number of rotatable bonds is 6. The maximum absolute atomic E-state index is 13.4. The summed E-state index contributed by atoms with van der Waals surface area (Å²) in [6.07, 6.45) is 0. The van der Waals surface area contributed by atoms with Crippen molar-refractivity contribution in [3.63, 3.8) is 0 Å². The minimum Gasteiger partial charge on any atom is -0.379 e. The van der Waals surface area contributed by atoms with Crippen LogP contribution in [0.4, 0.5) is 4.39 Å². The summed E-state index contributed by atoms with van der Waals surface area (Å²) in [5, 5.41) is 5.61. The summed E-state index contributed by atoms with van der Waals surface area (Å²) in [5.41, 5.74) is 0.920. The van der Waals surface area contributed by atoms with Crippen molar-refractivity contribution < 1.29 is 9.13 Å². The summed E-state index contributed by atoms with van der Waals surface area (Å²) < 4.78 is 18.9. The van der Waals surface area contributed by atoms with Crippen LogP contribution in [0.1, 0.15) is 16.5 Å². The van der Waals surface area contributed by atoms with Crippen molar-refractivity contribution in [2.24, 2.45) is 4.99 Å². The molecule has 3 rings (SSSR count). The Labute approximate surface area is 164 Å². The van der Waals surface area contributed by atoms with Crippen LogP contribution in [0.5, 0.6) is 0 Å². The van der Waals surface area contributed by atoms with Gasteiger partial charge in [-0.15, -0.1) is 11.3 Å². The van der Waals surface area contributed by atoms with Crippen molar-refractivity contribution in [3.8, 4) is 0 Å². The summed E-state index contributed by atoms with van der Waals surface area (Å²) >= 11 is 1.78. The fourth-order valence-electron chi connectivity index (χ4n) is 3.34. The van der Waals surface area contributed by atoms with Gasteiger partial charge in [0.2, 0.25) is 0 Å². The number of nitrogens with one attached hydrogen (secondary N) is 1. The molecule has 1 aliphatic rings. The third-order valence-electron chi connectivity index (χ3n) is 4.69. The highest BCUT2D eigenvalue weighted by Crippen LogP contribution is 2.25. The number of thiophene rings is 1. The molecule has 1 saturated heterocycles. The largest absolute Gasteiger partial charge is 0.379 e. The van der Waals surface area contributed by atoms with Crippen LogP contribution < -0.4 is 5.32 Å². The Kier molecular flexibility index (Phi) is 7.20. The zero-order chi connectivity index (χ0) is 19.1. The van der Waals surface area contributed by atoms with Gasteiger partial charge in [0.05, 0.1) is 19.3 Å². The molecule has 0 saturated carbocycles. The standard InChI is InChI=1S/C20H27FN4OS/c1-22-20(24(2)15-16-5-3-6-17(21)13-16)23-14-18(19-7-4-12-27-19)25-8-10-26-11-9-25/h3-7,12-13,18H,8-11,14-15H2,1-2H3,(H,22,23). The van der Waals surface area contributed by atoms with Gasteiger partial charge in [-0.05, 0) is 29.1 Å². The van der Waals surface area contributed by atoms with Gasteiger partial charge in [-0.2, -0.15) is 0 Å². The highest BCUT2D eigenvalue weighted by molar-refractivity contribution is 7.10. The lowest BCUT2D eigenvalue weighted by molar-refractivity contribution is 0.0176. The van der Waals surface area contributed by atoms with E-state index in [9.17, 15) is 4.39 Å². The molecule has 0 spiro atoms. The molecule has 146 valence electrons. The molecule has 0 aliphatic carbocycles. The number of morpholine rings is 1. The average Bonchev–Trinajstić information content (AvgIpc) is 3.20. The summed E-state index contributed by atoms with van der Waals surface area (Å²) in [5.74, 6) is 0.586. The third kappa shape index (κ3) is 5.51. The second-order valence-corrected chi connectivity index (χ2v) is 7.57. The van der Waals surface area contributed by atoms with Gasteiger partial charge in [0.25, 0.3) is 0 Å². The van der Waals surface area contributed by atoms with E-state index in [0.29, 0.717) is 6.54 Å². The number of nitrogens with zero attached hydrogens (tertiary/aromatic N) is 3. The molecule has 1 fully saturated rings. The second kappa shape index (κ2) is 9.82. The highest BCUT2D eigenvalue weighted by atomic mass is 32.1. The van der Waals surface area contributed by atoms with Crippen molar-refractivity contribution >= 4 is 17.3 Å². The lowest BCUT2D eigenvalue weighted by Crippen LogP contribution is -2.46. The maximum atomic E-state index is 13.4. The summed E-state index contributed by atoms with van der Waals surface area (Å²) in [6.45, 7) is 4.77. The zero-order valence-corrected chi connectivity index (χ0v) is 16.7. The minimum absolute atomic E-state index is 0.214. The van der Waals surface area contributed by atoms with Gasteiger partial charge in [-0.25, -0.2) is 4.39 Å². The van der Waals surface area contributed by atoms with Crippen LogP contribution in [-0.4, -0.2) is 62.7 Å². The van der Waals surface area contributed by atoms with Crippen molar-refractivity contribution in [1.82, 2.24) is 15.1 Å². The molecule has 0 amide bonds. The van der Waals surface area contributed by atoms with Crippen LogP contribution in [0.3, 0.4) is 0 Å². The normalized spacial score (nSPS) is 16.9. The summed E-state index contributed by atoms with van der Waals surface area (Å²) in [7, 11) is 3.74. The number of hydrogen-bond acceptors (Lipinski definition) is 4. The van der Waals surface area contributed by atoms with Crippen LogP contribution in [0.15, 0.2) is 46.8 Å². The number of hydrogen-bond donors (Lipinski definition) is 1. The Morgan fingerprint density at radius 3 is 2.81 bits per heavy atom. The third-order valence-corrected chi connectivity index (χ3v) is 5.67. The Morgan fingerprint density at radius 2 is 2.15 bits per heavy atom. The number of guanidine groups is 1. The van der Waals surface area contributed by atoms with Crippen LogP contribution in [-0.2, 0) is 11.3 Å². The maximum Gasteiger partial charge on any atom is 0.193 e. The molecule has 1 unspecified atom stereocenters. The van der Waals surface area contributed by atoms with Crippen molar-refractivity contribution in [3.05, 3.63) is 58.0 Å². The first-order chi connectivity index (χ1) is 13.2. The van der Waals surface area contributed by atoms with Crippen molar-refractivity contribution in [2.75, 3.05) is 46.9 Å². The molecule has 27 heavy (non-hydrogen) atoms. The van der Waals surface area contributed by atoms with Gasteiger partial charge in [-0.3, -0.25) is 9.89 Å². The van der Waals surface area contributed by atoms with E-state index < -0.39 is 0 Å². The van der Waals surface area contributed by atoms with E-state index in [-0.39, 0.29) is 11.9 Å². The molecular formula is C20H27FN4OS. The molecule has 2 aromatic rings. The van der Waals surface area contributed by atoms with E-state index in [1.807, 2.05) is 18.0 Å². The summed E-state index contributed by atoms with van der Waals surface area (Å²) in [6, 6.07) is 11.3. The quantitative estimate of drug-likeness (QED) is 0.608. The minimum atomic E-state index is -0.214. The topological polar surface area (TPSA) is 40.1 Å². The molecule has 1 N–H and O–H groups in total. The monoisotopic (exact) mass is 390 g/mol. The predicted molar refractivity (Wildman–Crippen MR) is 109 cm³/mol. The van der Waals surface area contributed by atoms with Crippen LogP contribution in [0.2, 0.25) is 0 Å². The smallest absolute Gasteiger partial charge is 0.193 e. The molecule has 1 aromatic carbocycles. The fourth-order valence-corrected chi connectivity index (χ4v) is 4.20. The molecule has 1 aromatic heterocycles. The number of ether oxygens (including phenoxy) is 1. The van der Waals surface area contributed by atoms with Crippen LogP contribution in [0, 0.1) is 5.82 Å². The van der Waals surface area contributed by atoms with Gasteiger partial charge < -0.3 is 15.0 Å². The fraction of sp³-hybridized carbons (Fsp3) is 0.450. The second-order valence-electron chi connectivity index (χ2n) is 6.59. The average molecular weight is 391 g/mol. The molecular weight excluding hydrogens is 363 g/mol. The number of aliphatic imine (C=N–C) groups is 1. The summed E-state index contributed by atoms with van der Waals surface area (Å²) in [4.78, 5) is 10.2. The molecule has 0 radical (unpaired) electrons. The van der Waals surface area contributed by atoms with E-state index in [1.165, 1.54) is 10.9 Å². The van der Waals surface area contributed by atoms with E-state index >= 15 is 0 Å². The Bertz CT molecular complexity index is 731. The highest BCUT2D eigenvalue weighted by Gasteiger charge is 2.24. The van der Waals surface area contributed by atoms with E-state index in [4.69, 9.17) is 4.74 Å². The lowest BCUT2D eigenvalue weighted by Gasteiger charge is -2.35. The van der Waals surface area contributed by atoms with Gasteiger partial charge in [-0.1, -0.05) is 18.2 Å². The van der Waals surface area contributed by atoms with Crippen LogP contribution >= 0.6 is 11.3 Å². The molecule has 5 nitrogen and oxygen atoms in total. The van der Waals surface area contributed by atoms with Gasteiger partial charge in [0.1, 0.15) is 5.82 Å². The molecule has 1 aliphatic heterocycles. The van der Waals surface area contributed by atoms with Crippen molar-refractivity contribution in [2.45, 2.75) is 12.6 Å². The number of halogens is 1. The first-order valence-electron chi connectivity index (χ1n) is 9.19. The Balaban J connectivity index is 1.63. The molecule has 2 heterocycles. The van der Waals surface area contributed by atoms with Crippen LogP contribution in [0.25, 0.3) is 0 Å². The first-order valence-corrected chi connectivity index (χ1v) is 10.1. The van der Waals surface area contributed by atoms with Gasteiger partial charge >= 0.3 is 0 Å². The molecule has 0 bridgehead atoms. The van der Waals surface area contributed by atoms with Crippen molar-refractivity contribution in [1.29, 1.82) is 0 Å². The van der Waals surface area contributed by atoms with E-state index in [0.717, 1.165) is 44.4 Å². The first kappa shape index (κ1) is 19.8. The number of benzene rings is 1. The van der Waals surface area contributed by atoms with Gasteiger partial charge in [0, 0.05) is 45.2 Å². The molecule has 7 heteroatoms. The Hall–Kier alpha value is -1.96. The predicted octanol–water partition coefficient (Wildman–Crippen LogP) is 2.97. The zero-order valence-electron chi connectivity index (χ0n) is 15.9. The van der Waals surface area contributed by atoms with E-state index in [1.54, 1.807) is 30.5 Å². The molecule has 1 atom stereocenters. The van der Waals surface area contributed by atoms with E-state index in [2.05, 4.69) is 32.7 Å². The SMILES string of the molecule is CN=C(NCC(c1cccs1)N1CCOCC1)N(C)Cc1cccc(F)c1. The lowest BCUT2D eigenvalue weighted by atomic mass is 10.2. The Morgan fingerprint density at radius 1 is 1.33 bits per heavy atom. The van der Waals surface area contributed by atoms with Gasteiger partial charge in [0.15, 0.2) is 5.96 Å².